The number of hydrogen-bond acceptors (Lipinski definition) is 8. The smallest absolute Gasteiger partial charge is 0.378 e. The Kier molecular flexibility index (Phi) is 7.44. The number of ether oxygens (including phenoxy) is 1. The Morgan fingerprint density at radius 1 is 1.22 bits per heavy atom. The van der Waals surface area contributed by atoms with E-state index >= 15 is 0 Å². The summed E-state index contributed by atoms with van der Waals surface area (Å²) < 4.78 is 4.86. The average Bonchev–Trinajstić information content (AvgIpc) is 2.54. The molecule has 0 saturated heterocycles. The Morgan fingerprint density at radius 3 is 2.57 bits per heavy atom. The number of hydrogen-bond donors (Lipinski definition) is 1. The van der Waals surface area contributed by atoms with Gasteiger partial charge in [-0.1, -0.05) is 18.7 Å². The molecule has 0 aromatic heterocycles. The number of rotatable bonds is 8. The maximum Gasteiger partial charge on any atom is 0.378 e. The van der Waals surface area contributed by atoms with Crippen molar-refractivity contribution in [3.8, 4) is 0 Å². The summed E-state index contributed by atoms with van der Waals surface area (Å²) in [5.74, 6) is -2.77. The van der Waals surface area contributed by atoms with Crippen molar-refractivity contribution < 1.29 is 39.0 Å². The molecule has 0 aliphatic rings. The number of carbonyl (C=O) groups is 3. The molecule has 0 amide bonds. The first-order valence-corrected chi connectivity index (χ1v) is 6.66. The van der Waals surface area contributed by atoms with Crippen LogP contribution in [0.5, 0.6) is 0 Å². The number of esters is 1. The van der Waals surface area contributed by atoms with Crippen molar-refractivity contribution in [1.82, 2.24) is 0 Å². The van der Waals surface area contributed by atoms with Gasteiger partial charge in [0.15, 0.2) is 0 Å². The lowest BCUT2D eigenvalue weighted by Gasteiger charge is -2.11. The first kappa shape index (κ1) is 18.3. The van der Waals surface area contributed by atoms with E-state index < -0.39 is 17.9 Å². The number of benzene rings is 1. The minimum atomic E-state index is -1.08. The summed E-state index contributed by atoms with van der Waals surface area (Å²) in [4.78, 5) is 43.2. The highest BCUT2D eigenvalue weighted by Crippen LogP contribution is 2.18. The fraction of sp³-hybridized carbons (Fsp3) is 0.267. The molecular weight excluding hydrogens is 308 g/mol. The second-order valence-corrected chi connectivity index (χ2v) is 4.08. The van der Waals surface area contributed by atoms with Crippen molar-refractivity contribution in [2.75, 3.05) is 13.2 Å². The van der Waals surface area contributed by atoms with Crippen LogP contribution < -0.4 is 0 Å². The van der Waals surface area contributed by atoms with Gasteiger partial charge >= 0.3 is 17.9 Å². The summed E-state index contributed by atoms with van der Waals surface area (Å²) in [6.07, 6.45) is 0.904. The lowest BCUT2D eigenvalue weighted by Crippen LogP contribution is -2.18. The molecule has 0 bridgehead atoms. The number of carbonyl (C=O) groups excluding carboxylic acids is 3. The van der Waals surface area contributed by atoms with Crippen molar-refractivity contribution >= 4 is 17.9 Å². The zero-order valence-corrected chi connectivity index (χ0v) is 12.4. The summed E-state index contributed by atoms with van der Waals surface area (Å²) in [6, 6.07) is 4.43. The quantitative estimate of drug-likeness (QED) is 0.328. The molecule has 0 unspecified atom stereocenters. The second-order valence-electron chi connectivity index (χ2n) is 4.08. The molecule has 23 heavy (non-hydrogen) atoms. The van der Waals surface area contributed by atoms with Gasteiger partial charge in [0.25, 0.3) is 0 Å². The second kappa shape index (κ2) is 9.34. The van der Waals surface area contributed by atoms with E-state index in [1.807, 2.05) is 0 Å². The normalized spacial score (nSPS) is 9.83. The Morgan fingerprint density at radius 2 is 1.96 bits per heavy atom. The average molecular weight is 324 g/mol. The molecule has 0 saturated carbocycles. The molecule has 0 aliphatic carbocycles. The third-order valence-corrected chi connectivity index (χ3v) is 2.62. The van der Waals surface area contributed by atoms with Gasteiger partial charge in [-0.3, -0.25) is 9.78 Å². The van der Waals surface area contributed by atoms with Gasteiger partial charge in [-0.15, -0.1) is 0 Å². The Hall–Kier alpha value is -2.71. The SMILES string of the molecule is C=CC(=O)OOOC(=O)c1c(CCO)cccc1C(=O)OCC. The molecule has 124 valence electrons. The van der Waals surface area contributed by atoms with E-state index in [0.29, 0.717) is 5.56 Å². The Labute approximate surface area is 132 Å². The van der Waals surface area contributed by atoms with Gasteiger partial charge in [0, 0.05) is 17.7 Å². The molecule has 1 N–H and O–H groups in total. The molecule has 8 heteroatoms. The van der Waals surface area contributed by atoms with Crippen molar-refractivity contribution in [2.24, 2.45) is 0 Å². The van der Waals surface area contributed by atoms with Crippen molar-refractivity contribution in [3.05, 3.63) is 47.5 Å². The molecule has 0 fully saturated rings. The fourth-order valence-corrected chi connectivity index (χ4v) is 1.71. The predicted molar refractivity (Wildman–Crippen MR) is 76.0 cm³/mol. The lowest BCUT2D eigenvalue weighted by molar-refractivity contribution is -0.451. The fourth-order valence-electron chi connectivity index (χ4n) is 1.71. The minimum Gasteiger partial charge on any atom is -0.462 e. The molecule has 0 radical (unpaired) electrons. The highest BCUT2D eigenvalue weighted by atomic mass is 17.5. The van der Waals surface area contributed by atoms with Crippen molar-refractivity contribution in [2.45, 2.75) is 13.3 Å². The van der Waals surface area contributed by atoms with Gasteiger partial charge < -0.3 is 9.84 Å². The van der Waals surface area contributed by atoms with Crippen LogP contribution in [-0.2, 0) is 30.8 Å². The summed E-state index contributed by atoms with van der Waals surface area (Å²) in [5, 5.41) is 13.1. The molecule has 1 aromatic carbocycles. The topological polar surface area (TPSA) is 108 Å². The van der Waals surface area contributed by atoms with Crippen LogP contribution >= 0.6 is 0 Å². The molecule has 1 aromatic rings. The van der Waals surface area contributed by atoms with Crippen LogP contribution in [0.15, 0.2) is 30.9 Å². The molecule has 0 spiro atoms. The first-order chi connectivity index (χ1) is 11.0. The predicted octanol–water partition coefficient (Wildman–Crippen LogP) is 1.13. The molecule has 0 heterocycles. The van der Waals surface area contributed by atoms with E-state index in [-0.39, 0.29) is 30.8 Å². The minimum absolute atomic E-state index is 0.0542. The Balaban J connectivity index is 3.03. The zero-order valence-electron chi connectivity index (χ0n) is 12.4. The largest absolute Gasteiger partial charge is 0.462 e. The van der Waals surface area contributed by atoms with E-state index in [1.54, 1.807) is 6.92 Å². The highest BCUT2D eigenvalue weighted by Gasteiger charge is 2.24. The molecule has 8 nitrogen and oxygen atoms in total. The third-order valence-electron chi connectivity index (χ3n) is 2.62. The van der Waals surface area contributed by atoms with Crippen LogP contribution in [0.1, 0.15) is 33.2 Å². The van der Waals surface area contributed by atoms with Crippen LogP contribution in [0.2, 0.25) is 0 Å². The molecule has 1 rings (SSSR count). The Bertz CT molecular complexity index is 593. The first-order valence-electron chi connectivity index (χ1n) is 6.66. The van der Waals surface area contributed by atoms with E-state index in [2.05, 4.69) is 21.4 Å². The maximum absolute atomic E-state index is 12.1. The third kappa shape index (κ3) is 5.20. The van der Waals surface area contributed by atoms with Crippen LogP contribution in [0.4, 0.5) is 0 Å². The van der Waals surface area contributed by atoms with Gasteiger partial charge in [0.05, 0.1) is 17.7 Å². The van der Waals surface area contributed by atoms with Crippen molar-refractivity contribution in [1.29, 1.82) is 0 Å². The van der Waals surface area contributed by atoms with E-state index in [1.165, 1.54) is 18.2 Å². The van der Waals surface area contributed by atoms with Crippen LogP contribution in [-0.4, -0.2) is 36.2 Å². The van der Waals surface area contributed by atoms with Gasteiger partial charge in [0.2, 0.25) is 0 Å². The summed E-state index contributed by atoms with van der Waals surface area (Å²) in [6.45, 7) is 4.61. The lowest BCUT2D eigenvalue weighted by atomic mass is 9.99. The van der Waals surface area contributed by atoms with Crippen LogP contribution in [0, 0.1) is 0 Å². The zero-order chi connectivity index (χ0) is 17.2. The highest BCUT2D eigenvalue weighted by molar-refractivity contribution is 6.04. The molecule has 0 atom stereocenters. The van der Waals surface area contributed by atoms with Crippen LogP contribution in [0.25, 0.3) is 0 Å². The van der Waals surface area contributed by atoms with Gasteiger partial charge in [0.1, 0.15) is 0 Å². The monoisotopic (exact) mass is 324 g/mol. The number of aliphatic hydroxyl groups excluding tert-OH is 1. The van der Waals surface area contributed by atoms with Gasteiger partial charge in [-0.25, -0.2) is 14.4 Å². The summed E-state index contributed by atoms with van der Waals surface area (Å²) in [7, 11) is 0. The molecular formula is C15H16O8. The van der Waals surface area contributed by atoms with E-state index in [4.69, 9.17) is 9.84 Å². The van der Waals surface area contributed by atoms with Crippen molar-refractivity contribution in [3.63, 3.8) is 0 Å². The number of aliphatic hydroxyl groups is 1. The summed E-state index contributed by atoms with van der Waals surface area (Å²) >= 11 is 0. The van der Waals surface area contributed by atoms with Gasteiger partial charge in [-0.05, 0) is 25.0 Å². The van der Waals surface area contributed by atoms with E-state index in [0.717, 1.165) is 6.08 Å². The maximum atomic E-state index is 12.1. The standard InChI is InChI=1S/C15H16O8/c1-3-12(17)21-23-22-15(19)13-10(8-9-16)6-5-7-11(13)14(18)20-4-2/h3,5-7,16H,1,4,8-9H2,2H3. The van der Waals surface area contributed by atoms with Crippen LogP contribution in [0.3, 0.4) is 0 Å². The van der Waals surface area contributed by atoms with Gasteiger partial charge in [-0.2, -0.15) is 0 Å². The molecule has 0 aliphatic heterocycles. The summed E-state index contributed by atoms with van der Waals surface area (Å²) in [5.41, 5.74) is 0.151. The van der Waals surface area contributed by atoms with E-state index in [9.17, 15) is 14.4 Å².